The molecule has 0 atom stereocenters. The Balaban J connectivity index is 2.20. The number of methoxy groups -OCH3 is 1. The smallest absolute Gasteiger partial charge is 0.280 e. The van der Waals surface area contributed by atoms with E-state index in [0.29, 0.717) is 0 Å². The van der Waals surface area contributed by atoms with Gasteiger partial charge in [-0.05, 0) is 12.1 Å². The van der Waals surface area contributed by atoms with Crippen LogP contribution >= 0.6 is 0 Å². The molecule has 0 saturated carbocycles. The summed E-state index contributed by atoms with van der Waals surface area (Å²) in [5.74, 6) is -0.524. The van der Waals surface area contributed by atoms with Gasteiger partial charge in [0.25, 0.3) is 18.2 Å². The summed E-state index contributed by atoms with van der Waals surface area (Å²) in [5, 5.41) is 2.37. The number of halogens is 2. The Morgan fingerprint density at radius 3 is 2.81 bits per heavy atom. The fourth-order valence-electron chi connectivity index (χ4n) is 1.47. The molecule has 0 unspecified atom stereocenters. The van der Waals surface area contributed by atoms with Gasteiger partial charge in [0.2, 0.25) is 0 Å². The van der Waals surface area contributed by atoms with E-state index >= 15 is 0 Å². The van der Waals surface area contributed by atoms with Gasteiger partial charge in [0.15, 0.2) is 11.6 Å². The SMILES string of the molecule is COc1nc(NC(=O)c2cccc(C(F)F)n2)cnc1N. The van der Waals surface area contributed by atoms with Crippen molar-refractivity contribution in [1.82, 2.24) is 15.0 Å². The molecule has 0 fully saturated rings. The van der Waals surface area contributed by atoms with Crippen molar-refractivity contribution < 1.29 is 18.3 Å². The van der Waals surface area contributed by atoms with E-state index in [0.717, 1.165) is 6.07 Å². The second-order valence-corrected chi connectivity index (χ2v) is 3.85. The van der Waals surface area contributed by atoms with Crippen LogP contribution in [0.1, 0.15) is 22.6 Å². The Morgan fingerprint density at radius 1 is 1.38 bits per heavy atom. The number of nitrogens with two attached hydrogens (primary N) is 1. The maximum Gasteiger partial charge on any atom is 0.280 e. The molecule has 7 nitrogen and oxygen atoms in total. The maximum absolute atomic E-state index is 12.5. The number of pyridine rings is 1. The summed E-state index contributed by atoms with van der Waals surface area (Å²) in [6.07, 6.45) is -1.54. The molecule has 0 aliphatic heterocycles. The van der Waals surface area contributed by atoms with Crippen LogP contribution in [0.5, 0.6) is 5.88 Å². The Kier molecular flexibility index (Phi) is 4.21. The number of alkyl halides is 2. The van der Waals surface area contributed by atoms with Crippen LogP contribution in [0.2, 0.25) is 0 Å². The molecule has 0 aliphatic carbocycles. The number of rotatable bonds is 4. The predicted molar refractivity (Wildman–Crippen MR) is 70.1 cm³/mol. The lowest BCUT2D eigenvalue weighted by Gasteiger charge is -2.07. The molecular formula is C12H11F2N5O2. The average molecular weight is 295 g/mol. The van der Waals surface area contributed by atoms with E-state index in [-0.39, 0.29) is 23.2 Å². The van der Waals surface area contributed by atoms with Crippen LogP contribution < -0.4 is 15.8 Å². The van der Waals surface area contributed by atoms with Gasteiger partial charge in [0.05, 0.1) is 13.3 Å². The highest BCUT2D eigenvalue weighted by Gasteiger charge is 2.14. The molecule has 0 saturated heterocycles. The van der Waals surface area contributed by atoms with E-state index in [1.165, 1.54) is 25.4 Å². The molecule has 2 aromatic heterocycles. The van der Waals surface area contributed by atoms with E-state index in [9.17, 15) is 13.6 Å². The van der Waals surface area contributed by atoms with Crippen molar-refractivity contribution >= 4 is 17.5 Å². The summed E-state index contributed by atoms with van der Waals surface area (Å²) >= 11 is 0. The third-order valence-corrected chi connectivity index (χ3v) is 2.43. The Hall–Kier alpha value is -2.84. The predicted octanol–water partition coefficient (Wildman–Crippen LogP) is 1.65. The molecule has 1 amide bonds. The second kappa shape index (κ2) is 6.07. The zero-order valence-corrected chi connectivity index (χ0v) is 10.9. The Morgan fingerprint density at radius 2 is 2.14 bits per heavy atom. The molecule has 0 radical (unpaired) electrons. The number of aromatic nitrogens is 3. The van der Waals surface area contributed by atoms with Crippen LogP contribution in [0.25, 0.3) is 0 Å². The number of anilines is 2. The number of hydrogen-bond donors (Lipinski definition) is 2. The van der Waals surface area contributed by atoms with Gasteiger partial charge in [0, 0.05) is 0 Å². The summed E-state index contributed by atoms with van der Waals surface area (Å²) in [6.45, 7) is 0. The molecule has 2 rings (SSSR count). The first-order valence-corrected chi connectivity index (χ1v) is 5.74. The van der Waals surface area contributed by atoms with E-state index in [4.69, 9.17) is 10.5 Å². The summed E-state index contributed by atoms with van der Waals surface area (Å²) < 4.78 is 29.9. The molecule has 0 spiro atoms. The number of amides is 1. The van der Waals surface area contributed by atoms with Gasteiger partial charge < -0.3 is 15.8 Å². The third kappa shape index (κ3) is 3.38. The van der Waals surface area contributed by atoms with Gasteiger partial charge >= 0.3 is 0 Å². The number of nitrogen functional groups attached to an aromatic ring is 1. The van der Waals surface area contributed by atoms with Gasteiger partial charge in [-0.2, -0.15) is 4.98 Å². The van der Waals surface area contributed by atoms with E-state index in [2.05, 4.69) is 20.3 Å². The zero-order chi connectivity index (χ0) is 15.4. The average Bonchev–Trinajstić information content (AvgIpc) is 2.49. The number of carbonyl (C=O) groups is 1. The van der Waals surface area contributed by atoms with Crippen LogP contribution in [0.15, 0.2) is 24.4 Å². The fourth-order valence-corrected chi connectivity index (χ4v) is 1.47. The molecule has 0 aromatic carbocycles. The van der Waals surface area contributed by atoms with Crippen LogP contribution in [0, 0.1) is 0 Å². The monoisotopic (exact) mass is 295 g/mol. The molecule has 0 aliphatic rings. The third-order valence-electron chi connectivity index (χ3n) is 2.43. The van der Waals surface area contributed by atoms with Crippen LogP contribution in [0.4, 0.5) is 20.4 Å². The van der Waals surface area contributed by atoms with Crippen molar-refractivity contribution in [2.45, 2.75) is 6.43 Å². The fraction of sp³-hybridized carbons (Fsp3) is 0.167. The van der Waals surface area contributed by atoms with Crippen molar-refractivity contribution in [1.29, 1.82) is 0 Å². The standard InChI is InChI=1S/C12H11F2N5O2/c1-21-12-10(15)16-5-8(19-12)18-11(20)7-4-2-3-6(17-7)9(13)14/h2-5,9H,1H3,(H2,15,16)(H,18,19,20). The Labute approximate surface area is 118 Å². The first-order valence-electron chi connectivity index (χ1n) is 5.74. The second-order valence-electron chi connectivity index (χ2n) is 3.85. The summed E-state index contributed by atoms with van der Waals surface area (Å²) in [6, 6.07) is 3.76. The van der Waals surface area contributed by atoms with Crippen molar-refractivity contribution in [3.05, 3.63) is 35.8 Å². The van der Waals surface area contributed by atoms with Crippen LogP contribution in [0.3, 0.4) is 0 Å². The molecular weight excluding hydrogens is 284 g/mol. The van der Waals surface area contributed by atoms with E-state index in [1.807, 2.05) is 0 Å². The summed E-state index contributed by atoms with van der Waals surface area (Å²) in [5.41, 5.74) is 4.84. The highest BCUT2D eigenvalue weighted by molar-refractivity contribution is 6.02. The minimum Gasteiger partial charge on any atom is -0.478 e. The molecule has 3 N–H and O–H groups in total. The van der Waals surface area contributed by atoms with Crippen molar-refractivity contribution in [2.75, 3.05) is 18.2 Å². The normalized spacial score (nSPS) is 10.5. The molecule has 2 aromatic rings. The lowest BCUT2D eigenvalue weighted by Crippen LogP contribution is -2.16. The van der Waals surface area contributed by atoms with Gasteiger partial charge in [-0.3, -0.25) is 4.79 Å². The van der Waals surface area contributed by atoms with Crippen molar-refractivity contribution in [2.24, 2.45) is 0 Å². The first kappa shape index (κ1) is 14.6. The summed E-state index contributed by atoms with van der Waals surface area (Å²) in [7, 11) is 1.35. The summed E-state index contributed by atoms with van der Waals surface area (Å²) in [4.78, 5) is 23.2. The Bertz CT molecular complexity index is 666. The maximum atomic E-state index is 12.5. The van der Waals surface area contributed by atoms with Gasteiger partial charge in [-0.25, -0.2) is 18.7 Å². The molecule has 21 heavy (non-hydrogen) atoms. The molecule has 2 heterocycles. The number of carbonyl (C=O) groups excluding carboxylic acids is 1. The topological polar surface area (TPSA) is 103 Å². The van der Waals surface area contributed by atoms with Gasteiger partial charge in [-0.1, -0.05) is 6.07 Å². The first-order chi connectivity index (χ1) is 10.0. The minimum absolute atomic E-state index is 0.0436. The van der Waals surface area contributed by atoms with Crippen molar-refractivity contribution in [3.8, 4) is 5.88 Å². The molecule has 0 bridgehead atoms. The largest absolute Gasteiger partial charge is 0.478 e. The number of nitrogens with one attached hydrogen (secondary N) is 1. The van der Waals surface area contributed by atoms with Crippen LogP contribution in [-0.2, 0) is 0 Å². The number of ether oxygens (including phenoxy) is 1. The lowest BCUT2D eigenvalue weighted by atomic mass is 10.3. The highest BCUT2D eigenvalue weighted by atomic mass is 19.3. The zero-order valence-electron chi connectivity index (χ0n) is 10.9. The number of nitrogens with zero attached hydrogens (tertiary/aromatic N) is 3. The lowest BCUT2D eigenvalue weighted by molar-refractivity contribution is 0.101. The number of hydrogen-bond acceptors (Lipinski definition) is 6. The molecule has 9 heteroatoms. The van der Waals surface area contributed by atoms with Crippen LogP contribution in [-0.4, -0.2) is 28.0 Å². The van der Waals surface area contributed by atoms with Crippen molar-refractivity contribution in [3.63, 3.8) is 0 Å². The van der Waals surface area contributed by atoms with E-state index < -0.39 is 18.0 Å². The van der Waals surface area contributed by atoms with E-state index in [1.54, 1.807) is 0 Å². The quantitative estimate of drug-likeness (QED) is 0.889. The van der Waals surface area contributed by atoms with Gasteiger partial charge in [-0.15, -0.1) is 0 Å². The van der Waals surface area contributed by atoms with Gasteiger partial charge in [0.1, 0.15) is 11.4 Å². The minimum atomic E-state index is -2.76. The highest BCUT2D eigenvalue weighted by Crippen LogP contribution is 2.18. The molecule has 110 valence electrons.